The molecule has 1 N–H and O–H groups in total. The van der Waals surface area contributed by atoms with Gasteiger partial charge in [0.1, 0.15) is 0 Å². The molecular formula is C18H16O. The lowest BCUT2D eigenvalue weighted by Gasteiger charge is -2.37. The highest BCUT2D eigenvalue weighted by Crippen LogP contribution is 2.46. The van der Waals surface area contributed by atoms with E-state index >= 15 is 0 Å². The number of hydrogen-bond acceptors (Lipinski definition) is 1. The van der Waals surface area contributed by atoms with Crippen molar-refractivity contribution in [3.63, 3.8) is 0 Å². The van der Waals surface area contributed by atoms with Gasteiger partial charge in [-0.05, 0) is 35.1 Å². The van der Waals surface area contributed by atoms with E-state index in [1.54, 1.807) is 0 Å². The first-order chi connectivity index (χ1) is 9.29. The quantitative estimate of drug-likeness (QED) is 0.759. The summed E-state index contributed by atoms with van der Waals surface area (Å²) in [6, 6.07) is 17.0. The molecule has 2 aromatic rings. The second-order valence-corrected chi connectivity index (χ2v) is 5.67. The van der Waals surface area contributed by atoms with Gasteiger partial charge in [-0.2, -0.15) is 0 Å². The standard InChI is InChI=1S/C18H16O/c19-17-10-9-13-5-3-4-8-16(13)18(17)11-14-6-1-2-7-15(14)12-18/h1-10,17,19H,11-12H2/t17-/m1/s1. The van der Waals surface area contributed by atoms with Gasteiger partial charge in [-0.1, -0.05) is 60.7 Å². The lowest BCUT2D eigenvalue weighted by atomic mass is 9.69. The number of fused-ring (bicyclic) bond motifs is 3. The first kappa shape index (κ1) is 11.0. The van der Waals surface area contributed by atoms with Gasteiger partial charge in [0.05, 0.1) is 6.10 Å². The summed E-state index contributed by atoms with van der Waals surface area (Å²) < 4.78 is 0. The second-order valence-electron chi connectivity index (χ2n) is 5.67. The third-order valence-electron chi connectivity index (χ3n) is 4.65. The van der Waals surface area contributed by atoms with Crippen molar-refractivity contribution in [1.29, 1.82) is 0 Å². The van der Waals surface area contributed by atoms with Gasteiger partial charge in [-0.3, -0.25) is 0 Å². The number of benzene rings is 2. The summed E-state index contributed by atoms with van der Waals surface area (Å²) in [4.78, 5) is 0. The topological polar surface area (TPSA) is 20.2 Å². The molecule has 0 saturated carbocycles. The third kappa shape index (κ3) is 1.45. The Morgan fingerprint density at radius 3 is 2.26 bits per heavy atom. The fourth-order valence-electron chi connectivity index (χ4n) is 3.68. The van der Waals surface area contributed by atoms with Gasteiger partial charge in [-0.15, -0.1) is 0 Å². The molecule has 2 aliphatic carbocycles. The van der Waals surface area contributed by atoms with Crippen molar-refractivity contribution in [2.24, 2.45) is 0 Å². The molecule has 0 aromatic heterocycles. The molecule has 0 bridgehead atoms. The molecule has 94 valence electrons. The summed E-state index contributed by atoms with van der Waals surface area (Å²) in [5, 5.41) is 10.6. The summed E-state index contributed by atoms with van der Waals surface area (Å²) >= 11 is 0. The molecule has 0 saturated heterocycles. The minimum atomic E-state index is -0.394. The lowest BCUT2D eigenvalue weighted by molar-refractivity contribution is 0.126. The number of rotatable bonds is 0. The van der Waals surface area contributed by atoms with Crippen LogP contribution in [0, 0.1) is 0 Å². The Morgan fingerprint density at radius 1 is 0.895 bits per heavy atom. The molecule has 1 heteroatoms. The smallest absolute Gasteiger partial charge is 0.0827 e. The molecule has 0 unspecified atom stereocenters. The summed E-state index contributed by atoms with van der Waals surface area (Å²) in [5.41, 5.74) is 5.15. The predicted molar refractivity (Wildman–Crippen MR) is 77.0 cm³/mol. The van der Waals surface area contributed by atoms with E-state index in [9.17, 15) is 5.11 Å². The van der Waals surface area contributed by atoms with E-state index in [1.807, 2.05) is 12.2 Å². The third-order valence-corrected chi connectivity index (χ3v) is 4.65. The van der Waals surface area contributed by atoms with Crippen LogP contribution in [0.2, 0.25) is 0 Å². The van der Waals surface area contributed by atoms with Crippen LogP contribution >= 0.6 is 0 Å². The van der Waals surface area contributed by atoms with Crippen molar-refractivity contribution in [3.8, 4) is 0 Å². The van der Waals surface area contributed by atoms with Crippen molar-refractivity contribution in [2.75, 3.05) is 0 Å². The SMILES string of the molecule is O[C@@H]1C=Cc2ccccc2C12Cc1ccccc1C2. The summed E-state index contributed by atoms with van der Waals surface area (Å²) in [7, 11) is 0. The van der Waals surface area contributed by atoms with E-state index in [2.05, 4.69) is 48.5 Å². The second kappa shape index (κ2) is 3.82. The molecule has 1 atom stereocenters. The number of aliphatic hydroxyl groups excluding tert-OH is 1. The van der Waals surface area contributed by atoms with Gasteiger partial charge < -0.3 is 5.11 Å². The maximum atomic E-state index is 10.6. The molecule has 2 aromatic carbocycles. The summed E-state index contributed by atoms with van der Waals surface area (Å²) in [5.74, 6) is 0. The average Bonchev–Trinajstić information content (AvgIpc) is 2.84. The van der Waals surface area contributed by atoms with E-state index in [-0.39, 0.29) is 5.41 Å². The summed E-state index contributed by atoms with van der Waals surface area (Å²) in [6.07, 6.45) is 5.48. The first-order valence-corrected chi connectivity index (χ1v) is 6.82. The maximum Gasteiger partial charge on any atom is 0.0827 e. The van der Waals surface area contributed by atoms with E-state index in [0.29, 0.717) is 0 Å². The average molecular weight is 248 g/mol. The van der Waals surface area contributed by atoms with Crippen LogP contribution in [0.5, 0.6) is 0 Å². The van der Waals surface area contributed by atoms with Crippen LogP contribution in [0.15, 0.2) is 54.6 Å². The van der Waals surface area contributed by atoms with Crippen LogP contribution in [0.4, 0.5) is 0 Å². The first-order valence-electron chi connectivity index (χ1n) is 6.82. The van der Waals surface area contributed by atoms with Crippen LogP contribution in [-0.2, 0) is 18.3 Å². The van der Waals surface area contributed by atoms with Crippen LogP contribution in [0.25, 0.3) is 6.08 Å². The lowest BCUT2D eigenvalue weighted by Crippen LogP contribution is -2.41. The number of aliphatic hydroxyl groups is 1. The number of hydrogen-bond donors (Lipinski definition) is 1. The largest absolute Gasteiger partial charge is 0.388 e. The van der Waals surface area contributed by atoms with Gasteiger partial charge in [0.25, 0.3) is 0 Å². The minimum Gasteiger partial charge on any atom is -0.388 e. The maximum absolute atomic E-state index is 10.6. The van der Waals surface area contributed by atoms with Crippen LogP contribution < -0.4 is 0 Å². The Kier molecular flexibility index (Phi) is 2.21. The molecule has 19 heavy (non-hydrogen) atoms. The Bertz CT molecular complexity index is 644. The molecule has 0 heterocycles. The highest BCUT2D eigenvalue weighted by molar-refractivity contribution is 5.63. The highest BCUT2D eigenvalue weighted by Gasteiger charge is 2.45. The van der Waals surface area contributed by atoms with Gasteiger partial charge >= 0.3 is 0 Å². The monoisotopic (exact) mass is 248 g/mol. The Balaban J connectivity index is 1.90. The zero-order chi connectivity index (χ0) is 12.9. The van der Waals surface area contributed by atoms with Crippen molar-refractivity contribution >= 4 is 6.08 Å². The van der Waals surface area contributed by atoms with Gasteiger partial charge in [0.2, 0.25) is 0 Å². The van der Waals surface area contributed by atoms with Gasteiger partial charge in [0.15, 0.2) is 0 Å². The molecule has 0 fully saturated rings. The molecule has 0 radical (unpaired) electrons. The summed E-state index contributed by atoms with van der Waals surface area (Å²) in [6.45, 7) is 0. The molecule has 2 aliphatic rings. The Morgan fingerprint density at radius 2 is 1.53 bits per heavy atom. The van der Waals surface area contributed by atoms with Crippen LogP contribution in [0.3, 0.4) is 0 Å². The highest BCUT2D eigenvalue weighted by atomic mass is 16.3. The van der Waals surface area contributed by atoms with Crippen molar-refractivity contribution in [2.45, 2.75) is 24.4 Å². The predicted octanol–water partition coefficient (Wildman–Crippen LogP) is 3.11. The van der Waals surface area contributed by atoms with E-state index in [1.165, 1.54) is 22.3 Å². The molecule has 0 aliphatic heterocycles. The van der Waals surface area contributed by atoms with Crippen LogP contribution in [0.1, 0.15) is 22.3 Å². The minimum absolute atomic E-state index is 0.158. The van der Waals surface area contributed by atoms with E-state index in [0.717, 1.165) is 12.8 Å². The molecule has 4 rings (SSSR count). The fourth-order valence-corrected chi connectivity index (χ4v) is 3.68. The molecular weight excluding hydrogens is 232 g/mol. The van der Waals surface area contributed by atoms with Crippen molar-refractivity contribution < 1.29 is 5.11 Å². The normalized spacial score (nSPS) is 22.3. The zero-order valence-corrected chi connectivity index (χ0v) is 10.7. The van der Waals surface area contributed by atoms with Gasteiger partial charge in [0, 0.05) is 5.41 Å². The van der Waals surface area contributed by atoms with Crippen LogP contribution in [-0.4, -0.2) is 11.2 Å². The van der Waals surface area contributed by atoms with E-state index in [4.69, 9.17) is 0 Å². The zero-order valence-electron chi connectivity index (χ0n) is 10.7. The Labute approximate surface area is 113 Å². The molecule has 1 nitrogen and oxygen atoms in total. The molecule has 0 amide bonds. The van der Waals surface area contributed by atoms with Gasteiger partial charge in [-0.25, -0.2) is 0 Å². The Hall–Kier alpha value is -1.86. The van der Waals surface area contributed by atoms with Crippen molar-refractivity contribution in [1.82, 2.24) is 0 Å². The van der Waals surface area contributed by atoms with Crippen molar-refractivity contribution in [3.05, 3.63) is 76.9 Å². The molecule has 1 spiro atoms. The van der Waals surface area contributed by atoms with E-state index < -0.39 is 6.10 Å². The fraction of sp³-hybridized carbons (Fsp3) is 0.222.